The molecule has 0 spiro atoms. The largest absolute Gasteiger partial charge is 0.348 e. The molecular weight excluding hydrogens is 314 g/mol. The molecule has 3 N–H and O–H groups in total. The smallest absolute Gasteiger partial charge is 0.274 e. The molecule has 0 bridgehead atoms. The quantitative estimate of drug-likeness (QED) is 0.798. The van der Waals surface area contributed by atoms with Crippen molar-refractivity contribution in [1.82, 2.24) is 25.7 Å². The molecule has 25 heavy (non-hydrogen) atoms. The van der Waals surface area contributed by atoms with Gasteiger partial charge in [0.2, 0.25) is 0 Å². The maximum Gasteiger partial charge on any atom is 0.274 e. The zero-order valence-electron chi connectivity index (χ0n) is 14.5. The molecule has 3 atom stereocenters. The fraction of sp³-hybridized carbons (Fsp3) is 0.474. The number of likely N-dealkylation sites (tertiary alicyclic amines) is 1. The number of imidazole rings is 1. The number of aromatic amines is 1. The number of carbonyl (C=O) groups is 1. The van der Waals surface area contributed by atoms with Crippen LogP contribution in [0.4, 0.5) is 0 Å². The third kappa shape index (κ3) is 3.19. The molecule has 6 nitrogen and oxygen atoms in total. The predicted molar refractivity (Wildman–Crippen MR) is 96.1 cm³/mol. The molecule has 4 rings (SSSR count). The van der Waals surface area contributed by atoms with E-state index in [1.165, 1.54) is 5.56 Å². The zero-order chi connectivity index (χ0) is 17.2. The summed E-state index contributed by atoms with van der Waals surface area (Å²) in [6, 6.07) is 11.0. The standard InChI is InChI=1S/C19H25N5O/c1-13-17(21-12-20-13)19(25)24-9-5-8-15(11-24)18-16(10-22-23-18)14-6-3-2-4-7-14/h2-4,6-7,12,15-16,18,22-23H,5,8-11H2,1H3,(H,20,21). The molecule has 2 aliphatic heterocycles. The van der Waals surface area contributed by atoms with E-state index in [0.29, 0.717) is 23.6 Å². The maximum absolute atomic E-state index is 12.8. The fourth-order valence-electron chi connectivity index (χ4n) is 4.20. The highest BCUT2D eigenvalue weighted by Crippen LogP contribution is 2.32. The van der Waals surface area contributed by atoms with Crippen LogP contribution in [-0.2, 0) is 0 Å². The summed E-state index contributed by atoms with van der Waals surface area (Å²) in [4.78, 5) is 22.0. The molecular formula is C19H25N5O. The van der Waals surface area contributed by atoms with E-state index in [1.54, 1.807) is 6.33 Å². The van der Waals surface area contributed by atoms with Crippen LogP contribution in [0.3, 0.4) is 0 Å². The summed E-state index contributed by atoms with van der Waals surface area (Å²) >= 11 is 0. The Hall–Kier alpha value is -2.18. The summed E-state index contributed by atoms with van der Waals surface area (Å²) < 4.78 is 0. The van der Waals surface area contributed by atoms with E-state index in [9.17, 15) is 4.79 Å². The number of hydrazine groups is 1. The van der Waals surface area contributed by atoms with Gasteiger partial charge < -0.3 is 9.88 Å². The first kappa shape index (κ1) is 16.3. The van der Waals surface area contributed by atoms with Crippen LogP contribution in [-0.4, -0.2) is 46.5 Å². The van der Waals surface area contributed by atoms with Gasteiger partial charge in [-0.2, -0.15) is 0 Å². The van der Waals surface area contributed by atoms with Crippen molar-refractivity contribution >= 4 is 5.91 Å². The molecule has 6 heteroatoms. The van der Waals surface area contributed by atoms with Crippen molar-refractivity contribution in [1.29, 1.82) is 0 Å². The third-order valence-corrected chi connectivity index (χ3v) is 5.54. The lowest BCUT2D eigenvalue weighted by molar-refractivity contribution is 0.0638. The second-order valence-corrected chi connectivity index (χ2v) is 7.10. The average Bonchev–Trinajstić information content (AvgIpc) is 3.31. The zero-order valence-corrected chi connectivity index (χ0v) is 14.5. The summed E-state index contributed by atoms with van der Waals surface area (Å²) in [6.45, 7) is 4.43. The summed E-state index contributed by atoms with van der Waals surface area (Å²) in [7, 11) is 0. The van der Waals surface area contributed by atoms with Gasteiger partial charge in [0.05, 0.1) is 6.33 Å². The number of aromatic nitrogens is 2. The van der Waals surface area contributed by atoms with Crippen LogP contribution in [0.25, 0.3) is 0 Å². The van der Waals surface area contributed by atoms with Gasteiger partial charge in [0.15, 0.2) is 0 Å². The maximum atomic E-state index is 12.8. The number of rotatable bonds is 3. The molecule has 2 aromatic rings. The number of nitrogens with one attached hydrogen (secondary N) is 3. The Kier molecular flexibility index (Phi) is 4.55. The van der Waals surface area contributed by atoms with E-state index >= 15 is 0 Å². The molecule has 1 aromatic heterocycles. The Morgan fingerprint density at radius 2 is 2.12 bits per heavy atom. The Bertz CT molecular complexity index is 728. The normalized spacial score (nSPS) is 26.8. The summed E-state index contributed by atoms with van der Waals surface area (Å²) in [5.41, 5.74) is 9.55. The molecule has 2 saturated heterocycles. The Morgan fingerprint density at radius 3 is 2.88 bits per heavy atom. The lowest BCUT2D eigenvalue weighted by Gasteiger charge is -2.37. The van der Waals surface area contributed by atoms with Crippen LogP contribution in [0.15, 0.2) is 36.7 Å². The highest BCUT2D eigenvalue weighted by Gasteiger charge is 2.38. The topological polar surface area (TPSA) is 73.0 Å². The van der Waals surface area contributed by atoms with Crippen molar-refractivity contribution in [2.45, 2.75) is 31.7 Å². The molecule has 2 aliphatic rings. The van der Waals surface area contributed by atoms with Crippen LogP contribution in [0.1, 0.15) is 40.5 Å². The van der Waals surface area contributed by atoms with E-state index in [1.807, 2.05) is 11.8 Å². The number of H-pyrrole nitrogens is 1. The van der Waals surface area contributed by atoms with Crippen LogP contribution >= 0.6 is 0 Å². The SMILES string of the molecule is Cc1[nH]cnc1C(=O)N1CCCC(C2NNCC2c2ccccc2)C1. The second kappa shape index (κ2) is 6.98. The number of hydrogen-bond donors (Lipinski definition) is 3. The van der Waals surface area contributed by atoms with Crippen molar-refractivity contribution in [3.8, 4) is 0 Å². The van der Waals surface area contributed by atoms with E-state index in [4.69, 9.17) is 0 Å². The van der Waals surface area contributed by atoms with Gasteiger partial charge in [0, 0.05) is 37.3 Å². The van der Waals surface area contributed by atoms with Crippen molar-refractivity contribution < 1.29 is 4.79 Å². The minimum Gasteiger partial charge on any atom is -0.348 e. The lowest BCUT2D eigenvalue weighted by Crippen LogP contribution is -2.48. The second-order valence-electron chi connectivity index (χ2n) is 7.10. The van der Waals surface area contributed by atoms with Gasteiger partial charge in [-0.3, -0.25) is 15.6 Å². The van der Waals surface area contributed by atoms with Gasteiger partial charge in [-0.05, 0) is 31.2 Å². The fourth-order valence-corrected chi connectivity index (χ4v) is 4.20. The van der Waals surface area contributed by atoms with Gasteiger partial charge in [-0.25, -0.2) is 4.98 Å². The minimum absolute atomic E-state index is 0.0469. The summed E-state index contributed by atoms with van der Waals surface area (Å²) in [6.07, 6.45) is 3.78. The van der Waals surface area contributed by atoms with Crippen molar-refractivity contribution in [2.75, 3.05) is 19.6 Å². The Balaban J connectivity index is 1.49. The van der Waals surface area contributed by atoms with E-state index in [2.05, 4.69) is 51.2 Å². The summed E-state index contributed by atoms with van der Waals surface area (Å²) in [5.74, 6) is 0.927. The van der Waals surface area contributed by atoms with E-state index in [-0.39, 0.29) is 5.91 Å². The number of amides is 1. The Labute approximate surface area is 148 Å². The third-order valence-electron chi connectivity index (χ3n) is 5.54. The molecule has 1 amide bonds. The van der Waals surface area contributed by atoms with Gasteiger partial charge >= 0.3 is 0 Å². The molecule has 0 radical (unpaired) electrons. The number of nitrogens with zero attached hydrogens (tertiary/aromatic N) is 2. The van der Waals surface area contributed by atoms with Crippen molar-refractivity contribution in [3.05, 3.63) is 53.6 Å². The van der Waals surface area contributed by atoms with Crippen LogP contribution < -0.4 is 10.9 Å². The highest BCUT2D eigenvalue weighted by molar-refractivity contribution is 5.93. The average molecular weight is 339 g/mol. The number of piperidine rings is 1. The van der Waals surface area contributed by atoms with Gasteiger partial charge in [-0.15, -0.1) is 0 Å². The van der Waals surface area contributed by atoms with Gasteiger partial charge in [0.25, 0.3) is 5.91 Å². The first-order valence-corrected chi connectivity index (χ1v) is 9.06. The van der Waals surface area contributed by atoms with Gasteiger partial charge in [0.1, 0.15) is 5.69 Å². The first-order valence-electron chi connectivity index (χ1n) is 9.06. The highest BCUT2D eigenvalue weighted by atomic mass is 16.2. The number of carbonyl (C=O) groups excluding carboxylic acids is 1. The number of aryl methyl sites for hydroxylation is 1. The number of benzene rings is 1. The lowest BCUT2D eigenvalue weighted by atomic mass is 9.81. The van der Waals surface area contributed by atoms with Crippen LogP contribution in [0.5, 0.6) is 0 Å². The minimum atomic E-state index is 0.0469. The van der Waals surface area contributed by atoms with Crippen molar-refractivity contribution in [3.63, 3.8) is 0 Å². The van der Waals surface area contributed by atoms with E-state index in [0.717, 1.165) is 38.2 Å². The predicted octanol–water partition coefficient (Wildman–Crippen LogP) is 1.83. The first-order chi connectivity index (χ1) is 12.2. The molecule has 0 saturated carbocycles. The van der Waals surface area contributed by atoms with E-state index < -0.39 is 0 Å². The van der Waals surface area contributed by atoms with Crippen LogP contribution in [0.2, 0.25) is 0 Å². The molecule has 0 aliphatic carbocycles. The number of hydrogen-bond acceptors (Lipinski definition) is 4. The van der Waals surface area contributed by atoms with Crippen molar-refractivity contribution in [2.24, 2.45) is 5.92 Å². The van der Waals surface area contributed by atoms with Crippen LogP contribution in [0, 0.1) is 12.8 Å². The van der Waals surface area contributed by atoms with Gasteiger partial charge in [-0.1, -0.05) is 30.3 Å². The molecule has 3 unspecified atom stereocenters. The molecule has 132 valence electrons. The molecule has 3 heterocycles. The monoisotopic (exact) mass is 339 g/mol. The summed E-state index contributed by atoms with van der Waals surface area (Å²) in [5, 5.41) is 0. The molecule has 1 aromatic carbocycles. The molecule has 2 fully saturated rings. The Morgan fingerprint density at radius 1 is 1.28 bits per heavy atom.